The molecule has 30 heavy (non-hydrogen) atoms. The van der Waals surface area contributed by atoms with E-state index in [1.807, 2.05) is 37.2 Å². The van der Waals surface area contributed by atoms with Gasteiger partial charge in [0.1, 0.15) is 11.5 Å². The number of furan rings is 1. The van der Waals surface area contributed by atoms with Crippen LogP contribution in [0.1, 0.15) is 54.0 Å². The van der Waals surface area contributed by atoms with Crippen LogP contribution in [0.25, 0.3) is 0 Å². The second-order valence-corrected chi connectivity index (χ2v) is 8.37. The molecule has 0 bridgehead atoms. The first-order valence-electron chi connectivity index (χ1n) is 10.9. The van der Waals surface area contributed by atoms with Crippen molar-refractivity contribution in [3.05, 3.63) is 53.5 Å². The monoisotopic (exact) mass is 413 g/mol. The summed E-state index contributed by atoms with van der Waals surface area (Å²) < 4.78 is 11.3. The molecule has 0 radical (unpaired) electrons. The van der Waals surface area contributed by atoms with Crippen molar-refractivity contribution in [1.82, 2.24) is 15.1 Å². The van der Waals surface area contributed by atoms with Gasteiger partial charge in [-0.05, 0) is 56.8 Å². The highest BCUT2D eigenvalue weighted by molar-refractivity contribution is 5.91. The van der Waals surface area contributed by atoms with Crippen LogP contribution in [0.2, 0.25) is 0 Å². The van der Waals surface area contributed by atoms with Crippen LogP contribution in [-0.4, -0.2) is 56.0 Å². The molecule has 6 heteroatoms. The molecule has 1 saturated carbocycles. The van der Waals surface area contributed by atoms with Gasteiger partial charge in [-0.1, -0.05) is 31.4 Å². The van der Waals surface area contributed by atoms with E-state index in [1.165, 1.54) is 37.7 Å². The number of ether oxygens (including phenoxy) is 1. The van der Waals surface area contributed by atoms with Crippen LogP contribution in [0.15, 0.2) is 40.8 Å². The Balaban J connectivity index is 1.67. The standard InChI is InChI=1S/C24H35N3O3/c1-26(2)15-14-25-24(28)23-13-12-22(30-23)18-27(20-9-5-4-6-10-20)17-19-8-7-11-21(16-19)29-3/h7-8,11-13,16,20H,4-6,9-10,14-15,17-18H2,1-3H3,(H,25,28). The lowest BCUT2D eigenvalue weighted by Crippen LogP contribution is -2.35. The molecule has 3 rings (SSSR count). The van der Waals surface area contributed by atoms with E-state index in [4.69, 9.17) is 9.15 Å². The maximum atomic E-state index is 12.3. The Morgan fingerprint density at radius 2 is 1.93 bits per heavy atom. The Kier molecular flexibility index (Phi) is 8.34. The maximum Gasteiger partial charge on any atom is 0.287 e. The molecule has 1 aromatic heterocycles. The Morgan fingerprint density at radius 3 is 2.67 bits per heavy atom. The van der Waals surface area contributed by atoms with Gasteiger partial charge in [0, 0.05) is 25.7 Å². The van der Waals surface area contributed by atoms with Gasteiger partial charge in [0.15, 0.2) is 5.76 Å². The lowest BCUT2D eigenvalue weighted by atomic mass is 9.93. The number of amides is 1. The fourth-order valence-electron chi connectivity index (χ4n) is 4.03. The SMILES string of the molecule is COc1cccc(CN(Cc2ccc(C(=O)NCCN(C)C)o2)C2CCCCC2)c1. The minimum absolute atomic E-state index is 0.153. The summed E-state index contributed by atoms with van der Waals surface area (Å²) >= 11 is 0. The summed E-state index contributed by atoms with van der Waals surface area (Å²) in [6.07, 6.45) is 6.29. The largest absolute Gasteiger partial charge is 0.497 e. The summed E-state index contributed by atoms with van der Waals surface area (Å²) in [6, 6.07) is 12.5. The van der Waals surface area contributed by atoms with Crippen LogP contribution < -0.4 is 10.1 Å². The minimum Gasteiger partial charge on any atom is -0.497 e. The predicted molar refractivity (Wildman–Crippen MR) is 119 cm³/mol. The van der Waals surface area contributed by atoms with Gasteiger partial charge in [0.25, 0.3) is 5.91 Å². The van der Waals surface area contributed by atoms with Crippen molar-refractivity contribution in [2.75, 3.05) is 34.3 Å². The van der Waals surface area contributed by atoms with Crippen molar-refractivity contribution in [2.24, 2.45) is 0 Å². The van der Waals surface area contributed by atoms with Gasteiger partial charge in [0.2, 0.25) is 0 Å². The van der Waals surface area contributed by atoms with Crippen LogP contribution in [0.3, 0.4) is 0 Å². The normalized spacial score (nSPS) is 15.0. The van der Waals surface area contributed by atoms with Gasteiger partial charge in [-0.3, -0.25) is 9.69 Å². The predicted octanol–water partition coefficient (Wildman–Crippen LogP) is 3.91. The third-order valence-electron chi connectivity index (χ3n) is 5.70. The van der Waals surface area contributed by atoms with Gasteiger partial charge in [-0.25, -0.2) is 0 Å². The number of hydrogen-bond donors (Lipinski definition) is 1. The van der Waals surface area contributed by atoms with Crippen LogP contribution in [0.4, 0.5) is 0 Å². The van der Waals surface area contributed by atoms with Gasteiger partial charge < -0.3 is 19.4 Å². The topological polar surface area (TPSA) is 58.0 Å². The molecule has 1 fully saturated rings. The summed E-state index contributed by atoms with van der Waals surface area (Å²) in [7, 11) is 5.67. The van der Waals surface area contributed by atoms with Gasteiger partial charge in [-0.15, -0.1) is 0 Å². The number of methoxy groups -OCH3 is 1. The number of hydrogen-bond acceptors (Lipinski definition) is 5. The molecular weight excluding hydrogens is 378 g/mol. The van der Waals surface area contributed by atoms with E-state index in [-0.39, 0.29) is 5.91 Å². The molecule has 0 saturated heterocycles. The quantitative estimate of drug-likeness (QED) is 0.640. The second kappa shape index (κ2) is 11.2. The van der Waals surface area contributed by atoms with E-state index >= 15 is 0 Å². The summed E-state index contributed by atoms with van der Waals surface area (Å²) in [5.41, 5.74) is 1.23. The van der Waals surface area contributed by atoms with E-state index in [0.29, 0.717) is 24.9 Å². The fraction of sp³-hybridized carbons (Fsp3) is 0.542. The summed E-state index contributed by atoms with van der Waals surface area (Å²) in [5, 5.41) is 2.91. The zero-order valence-corrected chi connectivity index (χ0v) is 18.5. The maximum absolute atomic E-state index is 12.3. The van der Waals surface area contributed by atoms with E-state index in [9.17, 15) is 4.79 Å². The molecule has 0 spiro atoms. The number of carbonyl (C=O) groups is 1. The van der Waals surface area contributed by atoms with Crippen molar-refractivity contribution in [2.45, 2.75) is 51.2 Å². The first-order chi connectivity index (χ1) is 14.5. The summed E-state index contributed by atoms with van der Waals surface area (Å²) in [5.74, 6) is 1.95. The average molecular weight is 414 g/mol. The lowest BCUT2D eigenvalue weighted by molar-refractivity contribution is 0.0913. The van der Waals surface area contributed by atoms with Crippen LogP contribution in [-0.2, 0) is 13.1 Å². The molecular formula is C24H35N3O3. The van der Waals surface area contributed by atoms with E-state index in [1.54, 1.807) is 13.2 Å². The summed E-state index contributed by atoms with van der Waals surface area (Å²) in [6.45, 7) is 2.95. The molecule has 1 heterocycles. The Morgan fingerprint density at radius 1 is 1.13 bits per heavy atom. The zero-order chi connectivity index (χ0) is 21.3. The molecule has 1 amide bonds. The number of nitrogens with one attached hydrogen (secondary N) is 1. The number of benzene rings is 1. The average Bonchev–Trinajstić information content (AvgIpc) is 3.22. The highest BCUT2D eigenvalue weighted by Crippen LogP contribution is 2.27. The van der Waals surface area contributed by atoms with Gasteiger partial charge >= 0.3 is 0 Å². The van der Waals surface area contributed by atoms with Crippen LogP contribution >= 0.6 is 0 Å². The third-order valence-corrected chi connectivity index (χ3v) is 5.70. The molecule has 164 valence electrons. The van der Waals surface area contributed by atoms with E-state index in [0.717, 1.165) is 24.6 Å². The minimum atomic E-state index is -0.153. The first-order valence-corrected chi connectivity index (χ1v) is 10.9. The molecule has 6 nitrogen and oxygen atoms in total. The number of rotatable bonds is 10. The highest BCUT2D eigenvalue weighted by Gasteiger charge is 2.23. The molecule has 0 atom stereocenters. The lowest BCUT2D eigenvalue weighted by Gasteiger charge is -2.34. The molecule has 1 aliphatic rings. The molecule has 0 aliphatic heterocycles. The number of nitrogens with zero attached hydrogens (tertiary/aromatic N) is 2. The third kappa shape index (κ3) is 6.61. The Labute approximate surface area is 180 Å². The molecule has 1 aliphatic carbocycles. The molecule has 0 unspecified atom stereocenters. The zero-order valence-electron chi connectivity index (χ0n) is 18.5. The number of carbonyl (C=O) groups excluding carboxylic acids is 1. The van der Waals surface area contributed by atoms with Crippen molar-refractivity contribution >= 4 is 5.91 Å². The van der Waals surface area contributed by atoms with E-state index in [2.05, 4.69) is 22.3 Å². The van der Waals surface area contributed by atoms with E-state index < -0.39 is 0 Å². The smallest absolute Gasteiger partial charge is 0.287 e. The fourth-order valence-corrected chi connectivity index (χ4v) is 4.03. The highest BCUT2D eigenvalue weighted by atomic mass is 16.5. The first kappa shape index (κ1) is 22.4. The summed E-state index contributed by atoms with van der Waals surface area (Å²) in [4.78, 5) is 16.9. The van der Waals surface area contributed by atoms with Crippen molar-refractivity contribution in [3.8, 4) is 5.75 Å². The Hall–Kier alpha value is -2.31. The van der Waals surface area contributed by atoms with Crippen LogP contribution in [0, 0.1) is 0 Å². The molecule has 1 N–H and O–H groups in total. The Bertz CT molecular complexity index is 796. The molecule has 1 aromatic carbocycles. The second-order valence-electron chi connectivity index (χ2n) is 8.37. The van der Waals surface area contributed by atoms with Crippen molar-refractivity contribution < 1.29 is 13.9 Å². The molecule has 2 aromatic rings. The van der Waals surface area contributed by atoms with Crippen molar-refractivity contribution in [1.29, 1.82) is 0 Å². The van der Waals surface area contributed by atoms with Crippen molar-refractivity contribution in [3.63, 3.8) is 0 Å². The van der Waals surface area contributed by atoms with Gasteiger partial charge in [0.05, 0.1) is 13.7 Å². The van der Waals surface area contributed by atoms with Gasteiger partial charge in [-0.2, -0.15) is 0 Å². The number of likely N-dealkylation sites (N-methyl/N-ethyl adjacent to an activating group) is 1. The van der Waals surface area contributed by atoms with Crippen LogP contribution in [0.5, 0.6) is 5.75 Å².